The number of rotatable bonds is 19. The van der Waals surface area contributed by atoms with Gasteiger partial charge in [-0.05, 0) is 117 Å². The Hall–Kier alpha value is -6.44. The Morgan fingerprint density at radius 2 is 0.972 bits per heavy atom. The standard InChI is InChI=1S/C30H35FN2O4.C28H31FN2O4/c1-2-37-29(36)17-16-28(35)33(22-14-15-22)30-24-6-3-4-8-26(24)32(27-9-5-7-25(27)30)19-23(34)18-20-10-12-21(31)13-11-20;29-19-10-8-18(9-11-19)16-21(32)17-30-24-6-2-1-4-22(24)28(23-5-3-7-25(23)30)31(20-12-13-20)26(33)14-15-27(34)35/h3-4,6,8,10-13,22,25,27,30H,2,5,7,9,14-19H2,1H3;1-2,4,6,8-11,20,23,25,28H,3,5,7,12-17H2,(H,34,35). The van der Waals surface area contributed by atoms with Crippen LogP contribution < -0.4 is 9.80 Å². The highest BCUT2D eigenvalue weighted by Crippen LogP contribution is 2.54. The predicted octanol–water partition coefficient (Wildman–Crippen LogP) is 9.52. The molecule has 4 aromatic rings. The molecular weight excluding hydrogens is 919 g/mol. The minimum atomic E-state index is -0.956. The number of carbonyl (C=O) groups is 6. The minimum absolute atomic E-state index is 0.0156. The number of carboxylic acid groups (broad SMARTS) is 1. The SMILES string of the molecule is CCOC(=O)CCC(=O)N(C1CC1)C1c2ccccc2N(CC(=O)Cc2ccc(F)cc2)C2CCCC21.O=C(O)CCC(=O)N(C1CC1)C1c2ccccc2N(CC(=O)Cc2ccc(F)cc2)C2CCCC21. The summed E-state index contributed by atoms with van der Waals surface area (Å²) >= 11 is 0. The number of nitrogens with zero attached hydrogens (tertiary/aromatic N) is 4. The van der Waals surface area contributed by atoms with Gasteiger partial charge in [0, 0.05) is 73.1 Å². The molecule has 6 aliphatic rings. The number of amides is 2. The number of esters is 1. The Labute approximate surface area is 420 Å². The quantitative estimate of drug-likeness (QED) is 0.0903. The lowest BCUT2D eigenvalue weighted by molar-refractivity contribution is -0.146. The summed E-state index contributed by atoms with van der Waals surface area (Å²) in [5.41, 5.74) is 5.77. The zero-order chi connectivity index (χ0) is 50.5. The number of fused-ring (bicyclic) bond motifs is 4. The van der Waals surface area contributed by atoms with Crippen LogP contribution in [0.3, 0.4) is 0 Å². The van der Waals surface area contributed by atoms with E-state index in [-0.39, 0.29) is 134 Å². The molecule has 72 heavy (non-hydrogen) atoms. The molecule has 380 valence electrons. The van der Waals surface area contributed by atoms with Crippen LogP contribution in [-0.4, -0.2) is 94.1 Å². The number of aliphatic carboxylic acids is 1. The van der Waals surface area contributed by atoms with Gasteiger partial charge in [-0.1, -0.05) is 73.5 Å². The largest absolute Gasteiger partial charge is 0.481 e. The van der Waals surface area contributed by atoms with E-state index in [1.165, 1.54) is 24.3 Å². The fraction of sp³-hybridized carbons (Fsp3) is 0.483. The third kappa shape index (κ3) is 11.6. The molecule has 10 rings (SSSR count). The third-order valence-electron chi connectivity index (χ3n) is 15.6. The van der Waals surface area contributed by atoms with Gasteiger partial charge in [-0.15, -0.1) is 0 Å². The second kappa shape index (κ2) is 22.5. The fourth-order valence-corrected chi connectivity index (χ4v) is 12.3. The fourth-order valence-electron chi connectivity index (χ4n) is 12.3. The average molecular weight is 985 g/mol. The molecule has 2 amide bonds. The van der Waals surface area contributed by atoms with Crippen LogP contribution in [0, 0.1) is 23.5 Å². The number of carboxylic acids is 1. The molecule has 4 fully saturated rings. The third-order valence-corrected chi connectivity index (χ3v) is 15.6. The minimum Gasteiger partial charge on any atom is -0.481 e. The van der Waals surface area contributed by atoms with Gasteiger partial charge in [0.15, 0.2) is 11.6 Å². The summed E-state index contributed by atoms with van der Waals surface area (Å²) in [6.45, 7) is 2.65. The molecule has 2 aliphatic heterocycles. The molecule has 0 saturated heterocycles. The number of hydrogen-bond acceptors (Lipinski definition) is 9. The molecule has 0 radical (unpaired) electrons. The van der Waals surface area contributed by atoms with Gasteiger partial charge in [0.2, 0.25) is 11.8 Å². The Morgan fingerprint density at radius 1 is 0.556 bits per heavy atom. The summed E-state index contributed by atoms with van der Waals surface area (Å²) in [6, 6.07) is 29.0. The average Bonchev–Trinajstić information content (AvgIpc) is 4.29. The highest BCUT2D eigenvalue weighted by atomic mass is 19.1. The molecule has 4 saturated carbocycles. The van der Waals surface area contributed by atoms with Crippen molar-refractivity contribution in [2.75, 3.05) is 29.5 Å². The number of hydrogen-bond donors (Lipinski definition) is 1. The summed E-state index contributed by atoms with van der Waals surface area (Å²) in [7, 11) is 0. The molecule has 4 aliphatic carbocycles. The zero-order valence-electron chi connectivity index (χ0n) is 41.1. The molecular formula is C58H66F2N4O8. The molecule has 0 spiro atoms. The molecule has 12 nitrogen and oxygen atoms in total. The Bertz CT molecular complexity index is 2620. The first-order valence-corrected chi connectivity index (χ1v) is 26.1. The summed E-state index contributed by atoms with van der Waals surface area (Å²) in [5, 5.41) is 9.13. The monoisotopic (exact) mass is 984 g/mol. The van der Waals surface area contributed by atoms with Crippen molar-refractivity contribution in [2.24, 2.45) is 11.8 Å². The number of halogens is 2. The van der Waals surface area contributed by atoms with Gasteiger partial charge in [-0.2, -0.15) is 0 Å². The van der Waals surface area contributed by atoms with Gasteiger partial charge in [0.05, 0.1) is 44.6 Å². The maximum atomic E-state index is 13.5. The van der Waals surface area contributed by atoms with E-state index in [2.05, 4.69) is 32.9 Å². The van der Waals surface area contributed by atoms with Crippen LogP contribution in [0.1, 0.15) is 131 Å². The van der Waals surface area contributed by atoms with Crippen molar-refractivity contribution >= 4 is 46.7 Å². The van der Waals surface area contributed by atoms with Crippen molar-refractivity contribution in [2.45, 2.75) is 146 Å². The van der Waals surface area contributed by atoms with Crippen LogP contribution in [0.2, 0.25) is 0 Å². The van der Waals surface area contributed by atoms with E-state index in [1.54, 1.807) is 31.2 Å². The van der Waals surface area contributed by atoms with Crippen LogP contribution in [0.25, 0.3) is 0 Å². The summed E-state index contributed by atoms with van der Waals surface area (Å²) in [5.74, 6) is -1.37. The van der Waals surface area contributed by atoms with Gasteiger partial charge in [0.1, 0.15) is 11.6 Å². The first kappa shape index (κ1) is 50.5. The lowest BCUT2D eigenvalue weighted by Gasteiger charge is -2.48. The summed E-state index contributed by atoms with van der Waals surface area (Å²) in [4.78, 5) is 84.7. The highest BCUT2D eigenvalue weighted by Gasteiger charge is 2.52. The lowest BCUT2D eigenvalue weighted by atomic mass is 9.81. The lowest BCUT2D eigenvalue weighted by Crippen LogP contribution is -2.52. The number of para-hydroxylation sites is 2. The molecule has 1 N–H and O–H groups in total. The van der Waals surface area contributed by atoms with Gasteiger partial charge >= 0.3 is 11.9 Å². The van der Waals surface area contributed by atoms with Crippen molar-refractivity contribution < 1.29 is 47.4 Å². The molecule has 0 aromatic heterocycles. The first-order valence-electron chi connectivity index (χ1n) is 26.1. The van der Waals surface area contributed by atoms with E-state index in [9.17, 15) is 37.5 Å². The molecule has 4 aromatic carbocycles. The van der Waals surface area contributed by atoms with Crippen molar-refractivity contribution in [1.82, 2.24) is 9.80 Å². The van der Waals surface area contributed by atoms with Crippen LogP contribution in [-0.2, 0) is 46.3 Å². The van der Waals surface area contributed by atoms with Crippen LogP contribution in [0.15, 0.2) is 97.1 Å². The van der Waals surface area contributed by atoms with Crippen molar-refractivity contribution in [3.8, 4) is 0 Å². The number of Topliss-reactive ketones (excluding diaryl/α,β-unsaturated/α-hetero) is 2. The Morgan fingerprint density at radius 3 is 1.38 bits per heavy atom. The zero-order valence-corrected chi connectivity index (χ0v) is 41.1. The van der Waals surface area contributed by atoms with Gasteiger partial charge < -0.3 is 29.4 Å². The van der Waals surface area contributed by atoms with E-state index in [0.717, 1.165) is 97.8 Å². The number of anilines is 2. The van der Waals surface area contributed by atoms with Crippen molar-refractivity contribution in [1.29, 1.82) is 0 Å². The van der Waals surface area contributed by atoms with Crippen LogP contribution >= 0.6 is 0 Å². The second-order valence-electron chi connectivity index (χ2n) is 20.5. The Balaban J connectivity index is 0.000000178. The molecule has 6 atom stereocenters. The highest BCUT2D eigenvalue weighted by molar-refractivity contribution is 5.88. The normalized spacial score (nSPS) is 22.5. The number of ether oxygens (including phenoxy) is 1. The van der Waals surface area contributed by atoms with Gasteiger partial charge in [-0.3, -0.25) is 28.8 Å². The van der Waals surface area contributed by atoms with Gasteiger partial charge in [0.25, 0.3) is 0 Å². The molecule has 0 bridgehead atoms. The van der Waals surface area contributed by atoms with E-state index < -0.39 is 5.97 Å². The second-order valence-corrected chi connectivity index (χ2v) is 20.5. The van der Waals surface area contributed by atoms with E-state index in [1.807, 2.05) is 35.2 Å². The van der Waals surface area contributed by atoms with E-state index >= 15 is 0 Å². The summed E-state index contributed by atoms with van der Waals surface area (Å²) < 4.78 is 31.6. The van der Waals surface area contributed by atoms with E-state index in [4.69, 9.17) is 9.84 Å². The topological polar surface area (TPSA) is 145 Å². The number of ketones is 2. The van der Waals surface area contributed by atoms with E-state index in [0.29, 0.717) is 13.2 Å². The number of benzene rings is 4. The van der Waals surface area contributed by atoms with Crippen molar-refractivity contribution in [3.05, 3.63) is 131 Å². The van der Waals surface area contributed by atoms with Crippen LogP contribution in [0.4, 0.5) is 20.2 Å². The smallest absolute Gasteiger partial charge is 0.306 e. The number of carbonyl (C=O) groups excluding carboxylic acids is 5. The maximum absolute atomic E-state index is 13.5. The van der Waals surface area contributed by atoms with Crippen LogP contribution in [0.5, 0.6) is 0 Å². The van der Waals surface area contributed by atoms with Crippen molar-refractivity contribution in [3.63, 3.8) is 0 Å². The molecule has 14 heteroatoms. The van der Waals surface area contributed by atoms with Gasteiger partial charge in [-0.25, -0.2) is 8.78 Å². The predicted molar refractivity (Wildman–Crippen MR) is 268 cm³/mol. The molecule has 6 unspecified atom stereocenters. The summed E-state index contributed by atoms with van der Waals surface area (Å²) in [6.07, 6.45) is 10.5. The molecule has 2 heterocycles. The Kier molecular flexibility index (Phi) is 15.8. The first-order chi connectivity index (χ1) is 34.9. The maximum Gasteiger partial charge on any atom is 0.306 e.